The smallest absolute Gasteiger partial charge is 0.337 e. The third-order valence-corrected chi connectivity index (χ3v) is 3.38. The first-order valence-electron chi connectivity index (χ1n) is 6.11. The number of hydrogen-bond donors (Lipinski definition) is 1. The van der Waals surface area contributed by atoms with Gasteiger partial charge in [0.1, 0.15) is 11.5 Å². The summed E-state index contributed by atoms with van der Waals surface area (Å²) in [6.45, 7) is 0. The molecule has 21 heavy (non-hydrogen) atoms. The zero-order valence-corrected chi connectivity index (χ0v) is 11.7. The van der Waals surface area contributed by atoms with Gasteiger partial charge in [0.15, 0.2) is 0 Å². The lowest BCUT2D eigenvalue weighted by atomic mass is 10.0. The minimum atomic E-state index is -0.580. The summed E-state index contributed by atoms with van der Waals surface area (Å²) in [5.74, 6) is -1.09. The van der Waals surface area contributed by atoms with Crippen LogP contribution in [0.15, 0.2) is 36.7 Å². The maximum absolute atomic E-state index is 14.3. The van der Waals surface area contributed by atoms with Crippen molar-refractivity contribution < 1.29 is 13.9 Å². The lowest BCUT2D eigenvalue weighted by molar-refractivity contribution is 0.0600. The molecule has 3 aromatic rings. The first kappa shape index (κ1) is 13.6. The molecule has 0 atom stereocenters. The van der Waals surface area contributed by atoms with Crippen molar-refractivity contribution in [3.63, 3.8) is 0 Å². The van der Waals surface area contributed by atoms with E-state index in [1.165, 1.54) is 25.4 Å². The summed E-state index contributed by atoms with van der Waals surface area (Å²) in [7, 11) is 1.25. The summed E-state index contributed by atoms with van der Waals surface area (Å²) >= 11 is 5.93. The van der Waals surface area contributed by atoms with Crippen molar-refractivity contribution in [3.05, 3.63) is 53.1 Å². The lowest BCUT2D eigenvalue weighted by Gasteiger charge is -2.04. The maximum atomic E-state index is 14.3. The molecule has 0 amide bonds. The SMILES string of the molecule is COC(=O)c1ccc(-c2c[nH]c3ncc(Cl)cc23)c(F)c1. The number of rotatable bonds is 2. The Morgan fingerprint density at radius 1 is 1.33 bits per heavy atom. The fourth-order valence-corrected chi connectivity index (χ4v) is 2.34. The fourth-order valence-electron chi connectivity index (χ4n) is 2.18. The van der Waals surface area contributed by atoms with Gasteiger partial charge in [0.05, 0.1) is 17.7 Å². The van der Waals surface area contributed by atoms with Crippen molar-refractivity contribution in [2.75, 3.05) is 7.11 Å². The first-order chi connectivity index (χ1) is 10.1. The molecule has 0 spiro atoms. The number of aromatic nitrogens is 2. The molecular formula is C15H10ClFN2O2. The number of carbonyl (C=O) groups excluding carboxylic acids is 1. The molecule has 0 fully saturated rings. The van der Waals surface area contributed by atoms with Crippen molar-refractivity contribution >= 4 is 28.6 Å². The number of esters is 1. The van der Waals surface area contributed by atoms with E-state index in [0.29, 0.717) is 27.2 Å². The third-order valence-electron chi connectivity index (χ3n) is 3.18. The summed E-state index contributed by atoms with van der Waals surface area (Å²) in [5.41, 5.74) is 1.77. The van der Waals surface area contributed by atoms with Gasteiger partial charge in [0, 0.05) is 28.9 Å². The Morgan fingerprint density at radius 2 is 2.14 bits per heavy atom. The molecule has 0 aliphatic rings. The van der Waals surface area contributed by atoms with Gasteiger partial charge in [-0.05, 0) is 18.2 Å². The predicted molar refractivity (Wildman–Crippen MR) is 77.8 cm³/mol. The van der Waals surface area contributed by atoms with Gasteiger partial charge in [-0.2, -0.15) is 0 Å². The topological polar surface area (TPSA) is 55.0 Å². The van der Waals surface area contributed by atoms with Crippen molar-refractivity contribution in [1.29, 1.82) is 0 Å². The Balaban J connectivity index is 2.15. The lowest BCUT2D eigenvalue weighted by Crippen LogP contribution is -2.01. The van der Waals surface area contributed by atoms with Gasteiger partial charge in [-0.1, -0.05) is 17.7 Å². The van der Waals surface area contributed by atoms with Crippen LogP contribution in [-0.4, -0.2) is 23.0 Å². The van der Waals surface area contributed by atoms with Gasteiger partial charge in [-0.25, -0.2) is 14.2 Å². The molecule has 0 saturated heterocycles. The molecule has 0 aliphatic heterocycles. The van der Waals surface area contributed by atoms with Crippen molar-refractivity contribution in [1.82, 2.24) is 9.97 Å². The van der Waals surface area contributed by atoms with E-state index < -0.39 is 11.8 Å². The summed E-state index contributed by atoms with van der Waals surface area (Å²) in [6, 6.07) is 5.91. The second-order valence-electron chi connectivity index (χ2n) is 4.44. The largest absolute Gasteiger partial charge is 0.465 e. The van der Waals surface area contributed by atoms with Gasteiger partial charge < -0.3 is 9.72 Å². The predicted octanol–water partition coefficient (Wildman–Crippen LogP) is 3.81. The van der Waals surface area contributed by atoms with Crippen LogP contribution in [0.25, 0.3) is 22.2 Å². The maximum Gasteiger partial charge on any atom is 0.337 e. The van der Waals surface area contributed by atoms with Crippen LogP contribution < -0.4 is 0 Å². The van der Waals surface area contributed by atoms with E-state index in [9.17, 15) is 9.18 Å². The highest BCUT2D eigenvalue weighted by Crippen LogP contribution is 2.31. The number of H-pyrrole nitrogens is 1. The number of hydrogen-bond acceptors (Lipinski definition) is 3. The molecule has 0 aliphatic carbocycles. The molecule has 3 rings (SSSR count). The van der Waals surface area contributed by atoms with Crippen molar-refractivity contribution in [2.24, 2.45) is 0 Å². The molecule has 2 heterocycles. The number of aromatic amines is 1. The van der Waals surface area contributed by atoms with Crippen LogP contribution in [0.3, 0.4) is 0 Å². The van der Waals surface area contributed by atoms with Crippen molar-refractivity contribution in [2.45, 2.75) is 0 Å². The van der Waals surface area contributed by atoms with Crippen LogP contribution in [0.4, 0.5) is 4.39 Å². The Hall–Kier alpha value is -2.40. The highest BCUT2D eigenvalue weighted by molar-refractivity contribution is 6.31. The number of ether oxygens (including phenoxy) is 1. The number of fused-ring (bicyclic) bond motifs is 1. The van der Waals surface area contributed by atoms with Crippen LogP contribution in [0.2, 0.25) is 5.02 Å². The Bertz CT molecular complexity index is 845. The number of benzene rings is 1. The monoisotopic (exact) mass is 304 g/mol. The summed E-state index contributed by atoms with van der Waals surface area (Å²) in [6.07, 6.45) is 3.17. The van der Waals surface area contributed by atoms with Gasteiger partial charge in [-0.3, -0.25) is 0 Å². The Kier molecular flexibility index (Phi) is 3.35. The van der Waals surface area contributed by atoms with Gasteiger partial charge in [0.2, 0.25) is 0 Å². The quantitative estimate of drug-likeness (QED) is 0.732. The standard InChI is InChI=1S/C15H10ClFN2O2/c1-21-15(20)8-2-3-10(13(17)4-8)12-7-19-14-11(12)5-9(16)6-18-14/h2-7H,1H3,(H,18,19). The number of pyridine rings is 1. The average molecular weight is 305 g/mol. The van der Waals surface area contributed by atoms with Crippen molar-refractivity contribution in [3.8, 4) is 11.1 Å². The zero-order chi connectivity index (χ0) is 15.0. The Labute approximate surface area is 124 Å². The number of methoxy groups -OCH3 is 1. The molecule has 1 N–H and O–H groups in total. The average Bonchev–Trinajstić information content (AvgIpc) is 2.89. The molecule has 0 bridgehead atoms. The van der Waals surface area contributed by atoms with E-state index in [2.05, 4.69) is 14.7 Å². The molecule has 1 aromatic carbocycles. The van der Waals surface area contributed by atoms with E-state index >= 15 is 0 Å². The zero-order valence-electron chi connectivity index (χ0n) is 11.0. The highest BCUT2D eigenvalue weighted by atomic mass is 35.5. The van der Waals surface area contributed by atoms with Crippen LogP contribution in [0, 0.1) is 5.82 Å². The molecule has 2 aromatic heterocycles. The first-order valence-corrected chi connectivity index (χ1v) is 6.49. The highest BCUT2D eigenvalue weighted by Gasteiger charge is 2.14. The van der Waals surface area contributed by atoms with Crippen LogP contribution >= 0.6 is 11.6 Å². The summed E-state index contributed by atoms with van der Waals surface area (Å²) in [4.78, 5) is 18.5. The molecule has 106 valence electrons. The van der Waals surface area contributed by atoms with E-state index in [1.54, 1.807) is 12.3 Å². The molecule has 0 saturated carbocycles. The number of carbonyl (C=O) groups is 1. The van der Waals surface area contributed by atoms with Crippen LogP contribution in [0.1, 0.15) is 10.4 Å². The molecule has 0 unspecified atom stereocenters. The third kappa shape index (κ3) is 2.36. The van der Waals surface area contributed by atoms with E-state index in [-0.39, 0.29) is 5.56 Å². The van der Waals surface area contributed by atoms with Gasteiger partial charge in [0.25, 0.3) is 0 Å². The van der Waals surface area contributed by atoms with Crippen LogP contribution in [0.5, 0.6) is 0 Å². The molecule has 4 nitrogen and oxygen atoms in total. The minimum Gasteiger partial charge on any atom is -0.465 e. The summed E-state index contributed by atoms with van der Waals surface area (Å²) < 4.78 is 18.8. The molecular weight excluding hydrogens is 295 g/mol. The van der Waals surface area contributed by atoms with Gasteiger partial charge >= 0.3 is 5.97 Å². The second kappa shape index (κ2) is 5.18. The van der Waals surface area contributed by atoms with E-state index in [4.69, 9.17) is 11.6 Å². The normalized spacial score (nSPS) is 10.8. The Morgan fingerprint density at radius 3 is 2.86 bits per heavy atom. The number of halogens is 2. The van der Waals surface area contributed by atoms with Crippen LogP contribution in [-0.2, 0) is 4.74 Å². The molecule has 6 heteroatoms. The summed E-state index contributed by atoms with van der Waals surface area (Å²) in [5, 5.41) is 1.18. The van der Waals surface area contributed by atoms with Gasteiger partial charge in [-0.15, -0.1) is 0 Å². The molecule has 0 radical (unpaired) electrons. The van der Waals surface area contributed by atoms with E-state index in [0.717, 1.165) is 6.07 Å². The van der Waals surface area contributed by atoms with E-state index in [1.807, 2.05) is 0 Å². The second-order valence-corrected chi connectivity index (χ2v) is 4.87. The number of nitrogens with one attached hydrogen (secondary N) is 1. The minimum absolute atomic E-state index is 0.162. The fraction of sp³-hybridized carbons (Fsp3) is 0.0667. The number of nitrogens with zero attached hydrogens (tertiary/aromatic N) is 1.